The Hall–Kier alpha value is -2.68. The Morgan fingerprint density at radius 1 is 1.38 bits per heavy atom. The van der Waals surface area contributed by atoms with Crippen LogP contribution in [0.5, 0.6) is 0 Å². The molecular weight excluding hydrogens is 328 g/mol. The molecule has 3 aromatic rings. The van der Waals surface area contributed by atoms with Crippen LogP contribution in [-0.4, -0.2) is 44.2 Å². The summed E-state index contributed by atoms with van der Waals surface area (Å²) in [7, 11) is 0. The predicted octanol–water partition coefficient (Wildman–Crippen LogP) is 2.31. The molecule has 0 atom stereocenters. The highest BCUT2D eigenvalue weighted by Gasteiger charge is 2.19. The van der Waals surface area contributed by atoms with Crippen molar-refractivity contribution in [3.8, 4) is 10.4 Å². The second-order valence-electron chi connectivity index (χ2n) is 5.77. The molecular formula is C15H16N6O2S. The number of nitrogens with one attached hydrogen (secondary N) is 3. The fourth-order valence-corrected chi connectivity index (χ4v) is 3.89. The lowest BCUT2D eigenvalue weighted by Crippen LogP contribution is -2.33. The molecule has 4 heterocycles. The zero-order valence-electron chi connectivity index (χ0n) is 13.0. The average molecular weight is 344 g/mol. The molecule has 1 fully saturated rings. The molecule has 0 aliphatic carbocycles. The molecule has 1 saturated heterocycles. The number of hydrogen-bond acceptors (Lipinski definition) is 5. The number of carbonyl (C=O) groups is 1. The van der Waals surface area contributed by atoms with E-state index in [1.54, 1.807) is 11.1 Å². The van der Waals surface area contributed by atoms with Crippen molar-refractivity contribution < 1.29 is 4.79 Å². The quantitative estimate of drug-likeness (QED) is 0.663. The minimum Gasteiger partial charge on any atom is -0.324 e. The zero-order valence-corrected chi connectivity index (χ0v) is 13.9. The van der Waals surface area contributed by atoms with Gasteiger partial charge in [-0.2, -0.15) is 5.10 Å². The summed E-state index contributed by atoms with van der Waals surface area (Å²) in [6.07, 6.45) is 3.74. The van der Waals surface area contributed by atoms with Gasteiger partial charge in [0.1, 0.15) is 4.70 Å². The molecule has 3 N–H and O–H groups in total. The van der Waals surface area contributed by atoms with Crippen LogP contribution >= 0.6 is 11.3 Å². The third kappa shape index (κ3) is 2.56. The number of aromatic nitrogens is 4. The Morgan fingerprint density at radius 3 is 2.88 bits per heavy atom. The van der Waals surface area contributed by atoms with Crippen molar-refractivity contribution in [2.75, 3.05) is 18.4 Å². The van der Waals surface area contributed by atoms with E-state index in [1.807, 2.05) is 13.0 Å². The second-order valence-corrected chi connectivity index (χ2v) is 6.82. The summed E-state index contributed by atoms with van der Waals surface area (Å²) in [6, 6.07) is 1.62. The van der Waals surface area contributed by atoms with E-state index >= 15 is 0 Å². The number of anilines is 1. The summed E-state index contributed by atoms with van der Waals surface area (Å²) in [5.74, 6) is 0.178. The molecule has 0 aromatic carbocycles. The van der Waals surface area contributed by atoms with Gasteiger partial charge in [-0.25, -0.2) is 9.78 Å². The maximum absolute atomic E-state index is 12.3. The second kappa shape index (κ2) is 5.75. The molecule has 9 heteroatoms. The summed E-state index contributed by atoms with van der Waals surface area (Å²) >= 11 is 1.36. The van der Waals surface area contributed by atoms with Crippen LogP contribution in [0, 0.1) is 6.92 Å². The standard InChI is InChI=1S/C15H16N6O2S/c1-8-9(7-16-20-8)11-6-10-12(24-11)13(22)18-14(17-10)19-15(23)21-4-2-3-5-21/h6-7H,2-5H2,1H3,(H,16,20)(H2,17,18,19,22,23). The third-order valence-electron chi connectivity index (χ3n) is 4.10. The Morgan fingerprint density at radius 2 is 2.17 bits per heavy atom. The van der Waals surface area contributed by atoms with Gasteiger partial charge >= 0.3 is 6.03 Å². The molecule has 8 nitrogen and oxygen atoms in total. The van der Waals surface area contributed by atoms with Crippen molar-refractivity contribution in [1.82, 2.24) is 25.1 Å². The van der Waals surface area contributed by atoms with Crippen molar-refractivity contribution in [1.29, 1.82) is 0 Å². The molecule has 0 unspecified atom stereocenters. The summed E-state index contributed by atoms with van der Waals surface area (Å²) in [4.78, 5) is 34.1. The molecule has 2 amide bonds. The van der Waals surface area contributed by atoms with Gasteiger partial charge in [0.15, 0.2) is 0 Å². The minimum atomic E-state index is -0.255. The van der Waals surface area contributed by atoms with Crippen LogP contribution in [0.15, 0.2) is 17.1 Å². The van der Waals surface area contributed by atoms with Gasteiger partial charge in [-0.3, -0.25) is 20.2 Å². The lowest BCUT2D eigenvalue weighted by atomic mass is 10.2. The number of hydrogen-bond donors (Lipinski definition) is 3. The predicted molar refractivity (Wildman–Crippen MR) is 92.4 cm³/mol. The van der Waals surface area contributed by atoms with Crippen LogP contribution in [0.3, 0.4) is 0 Å². The van der Waals surface area contributed by atoms with Crippen molar-refractivity contribution in [2.24, 2.45) is 0 Å². The highest BCUT2D eigenvalue weighted by atomic mass is 32.1. The summed E-state index contributed by atoms with van der Waals surface area (Å²) in [5.41, 5.74) is 2.19. The van der Waals surface area contributed by atoms with E-state index in [0.29, 0.717) is 10.2 Å². The average Bonchev–Trinajstić information content (AvgIpc) is 3.26. The van der Waals surface area contributed by atoms with Crippen molar-refractivity contribution in [2.45, 2.75) is 19.8 Å². The van der Waals surface area contributed by atoms with Gasteiger partial charge in [-0.1, -0.05) is 0 Å². The van der Waals surface area contributed by atoms with Gasteiger partial charge in [0.2, 0.25) is 5.95 Å². The number of nitrogens with zero attached hydrogens (tertiary/aromatic N) is 3. The Kier molecular flexibility index (Phi) is 3.57. The monoisotopic (exact) mass is 344 g/mol. The molecule has 0 bridgehead atoms. The summed E-state index contributed by atoms with van der Waals surface area (Å²) < 4.78 is 0.532. The molecule has 124 valence electrons. The molecule has 1 aliphatic heterocycles. The highest BCUT2D eigenvalue weighted by molar-refractivity contribution is 7.22. The fourth-order valence-electron chi connectivity index (χ4n) is 2.83. The SMILES string of the molecule is Cc1[nH]ncc1-c1cc2nc(NC(=O)N3CCCC3)[nH]c(=O)c2s1. The summed E-state index contributed by atoms with van der Waals surface area (Å²) in [5, 5.41) is 9.57. The molecule has 0 spiro atoms. The third-order valence-corrected chi connectivity index (χ3v) is 5.25. The number of amides is 2. The first-order valence-corrected chi connectivity index (χ1v) is 8.53. The first-order valence-electron chi connectivity index (χ1n) is 7.72. The van der Waals surface area contributed by atoms with Gasteiger partial charge in [0.25, 0.3) is 5.56 Å². The Balaban J connectivity index is 1.68. The molecule has 0 saturated carbocycles. The number of carbonyl (C=O) groups excluding carboxylic acids is 1. The lowest BCUT2D eigenvalue weighted by molar-refractivity contribution is 0.222. The number of urea groups is 1. The Labute approximate surface area is 140 Å². The number of H-pyrrole nitrogens is 2. The van der Waals surface area contributed by atoms with Crippen molar-refractivity contribution in [3.05, 3.63) is 28.3 Å². The van der Waals surface area contributed by atoms with Crippen molar-refractivity contribution in [3.63, 3.8) is 0 Å². The molecule has 3 aromatic heterocycles. The number of rotatable bonds is 2. The van der Waals surface area contributed by atoms with Crippen LogP contribution in [0.25, 0.3) is 20.7 Å². The van der Waals surface area contributed by atoms with Crippen LogP contribution in [-0.2, 0) is 0 Å². The first-order chi connectivity index (χ1) is 11.6. The lowest BCUT2D eigenvalue weighted by Gasteiger charge is -2.15. The summed E-state index contributed by atoms with van der Waals surface area (Å²) in [6.45, 7) is 3.40. The van der Waals surface area contributed by atoms with E-state index in [9.17, 15) is 9.59 Å². The van der Waals surface area contributed by atoms with Gasteiger partial charge in [0, 0.05) is 29.2 Å². The largest absolute Gasteiger partial charge is 0.324 e. The van der Waals surface area contributed by atoms with E-state index in [-0.39, 0.29) is 17.5 Å². The molecule has 1 aliphatic rings. The van der Waals surface area contributed by atoms with Gasteiger partial charge in [-0.05, 0) is 25.8 Å². The smallest absolute Gasteiger partial charge is 0.324 e. The van der Waals surface area contributed by atoms with E-state index < -0.39 is 0 Å². The number of thiophene rings is 1. The van der Waals surface area contributed by atoms with E-state index in [2.05, 4.69) is 25.5 Å². The van der Waals surface area contributed by atoms with Crippen LogP contribution < -0.4 is 10.9 Å². The van der Waals surface area contributed by atoms with Crippen molar-refractivity contribution >= 4 is 33.5 Å². The minimum absolute atomic E-state index is 0.178. The normalized spacial score (nSPS) is 14.5. The van der Waals surface area contributed by atoms with Crippen LogP contribution in [0.1, 0.15) is 18.5 Å². The fraction of sp³-hybridized carbons (Fsp3) is 0.333. The number of aryl methyl sites for hydroxylation is 1. The number of aromatic amines is 2. The Bertz CT molecular complexity index is 966. The van der Waals surface area contributed by atoms with E-state index in [0.717, 1.165) is 42.1 Å². The zero-order chi connectivity index (χ0) is 16.7. The topological polar surface area (TPSA) is 107 Å². The highest BCUT2D eigenvalue weighted by Crippen LogP contribution is 2.32. The molecule has 4 rings (SSSR count). The molecule has 24 heavy (non-hydrogen) atoms. The van der Waals surface area contributed by atoms with E-state index in [4.69, 9.17) is 0 Å². The van der Waals surface area contributed by atoms with Crippen LogP contribution in [0.2, 0.25) is 0 Å². The first kappa shape index (κ1) is 14.9. The van der Waals surface area contributed by atoms with Gasteiger partial charge < -0.3 is 4.90 Å². The van der Waals surface area contributed by atoms with Gasteiger partial charge in [-0.15, -0.1) is 11.3 Å². The maximum atomic E-state index is 12.3. The number of likely N-dealkylation sites (tertiary alicyclic amines) is 1. The van der Waals surface area contributed by atoms with E-state index in [1.165, 1.54) is 11.3 Å². The molecule has 0 radical (unpaired) electrons. The number of fused-ring (bicyclic) bond motifs is 1. The maximum Gasteiger partial charge on any atom is 0.324 e. The van der Waals surface area contributed by atoms with Gasteiger partial charge in [0.05, 0.1) is 11.7 Å². The van der Waals surface area contributed by atoms with Crippen LogP contribution in [0.4, 0.5) is 10.7 Å².